The predicted molar refractivity (Wildman–Crippen MR) is 74.9 cm³/mol. The van der Waals surface area contributed by atoms with Gasteiger partial charge in [0.1, 0.15) is 5.82 Å². The number of hydrogen-bond acceptors (Lipinski definition) is 3. The molecule has 0 radical (unpaired) electrons. The summed E-state index contributed by atoms with van der Waals surface area (Å²) in [7, 11) is 0. The molecule has 0 fully saturated rings. The third kappa shape index (κ3) is 2.98. The minimum Gasteiger partial charge on any atom is -0.397 e. The Kier molecular flexibility index (Phi) is 3.69. The first kappa shape index (κ1) is 12.4. The van der Waals surface area contributed by atoms with E-state index in [1.807, 2.05) is 12.1 Å². The lowest BCUT2D eigenvalue weighted by Gasteiger charge is -2.09. The van der Waals surface area contributed by atoms with Gasteiger partial charge in [-0.3, -0.25) is 0 Å². The summed E-state index contributed by atoms with van der Waals surface area (Å²) < 4.78 is 14.3. The standard InChI is InChI=1S/C12H12BrFN2S/c1-7-4-11(10(15)5-9(7)14)16-6-8-2-3-12(13)17-8/h2-5,16H,6,15H2,1H3. The third-order valence-corrected chi connectivity index (χ3v) is 4.04. The smallest absolute Gasteiger partial charge is 0.128 e. The van der Waals surface area contributed by atoms with E-state index in [9.17, 15) is 4.39 Å². The summed E-state index contributed by atoms with van der Waals surface area (Å²) in [6.07, 6.45) is 0. The van der Waals surface area contributed by atoms with Crippen molar-refractivity contribution in [2.24, 2.45) is 0 Å². The highest BCUT2D eigenvalue weighted by Crippen LogP contribution is 2.26. The molecule has 0 bridgehead atoms. The number of anilines is 2. The van der Waals surface area contributed by atoms with Gasteiger partial charge >= 0.3 is 0 Å². The van der Waals surface area contributed by atoms with Gasteiger partial charge in [-0.25, -0.2) is 4.39 Å². The Hall–Kier alpha value is -1.07. The monoisotopic (exact) mass is 314 g/mol. The van der Waals surface area contributed by atoms with E-state index in [0.717, 1.165) is 9.47 Å². The van der Waals surface area contributed by atoms with E-state index < -0.39 is 0 Å². The van der Waals surface area contributed by atoms with Crippen molar-refractivity contribution in [1.29, 1.82) is 0 Å². The van der Waals surface area contributed by atoms with Crippen LogP contribution in [0.5, 0.6) is 0 Å². The zero-order valence-corrected chi connectivity index (χ0v) is 11.7. The maximum Gasteiger partial charge on any atom is 0.128 e. The Bertz CT molecular complexity index is 539. The number of benzene rings is 1. The van der Waals surface area contributed by atoms with Gasteiger partial charge in [0.2, 0.25) is 0 Å². The molecule has 0 saturated heterocycles. The van der Waals surface area contributed by atoms with Crippen LogP contribution in [0.3, 0.4) is 0 Å². The lowest BCUT2D eigenvalue weighted by atomic mass is 10.2. The van der Waals surface area contributed by atoms with E-state index in [1.165, 1.54) is 10.9 Å². The van der Waals surface area contributed by atoms with Crippen LogP contribution in [-0.2, 0) is 6.54 Å². The fourth-order valence-electron chi connectivity index (χ4n) is 1.48. The Labute approximate surface area is 112 Å². The fourth-order valence-corrected chi connectivity index (χ4v) is 2.90. The van der Waals surface area contributed by atoms with Crippen LogP contribution in [0.25, 0.3) is 0 Å². The molecule has 1 aromatic heterocycles. The number of rotatable bonds is 3. The van der Waals surface area contributed by atoms with Crippen LogP contribution in [0.4, 0.5) is 15.8 Å². The SMILES string of the molecule is Cc1cc(NCc2ccc(Br)s2)c(N)cc1F. The molecule has 2 aromatic rings. The molecular formula is C12H12BrFN2S. The second-order valence-corrected chi connectivity index (χ2v) is 6.30. The summed E-state index contributed by atoms with van der Waals surface area (Å²) in [5.41, 5.74) is 7.55. The number of hydrogen-bond donors (Lipinski definition) is 2. The van der Waals surface area contributed by atoms with Crippen molar-refractivity contribution < 1.29 is 4.39 Å². The molecule has 2 nitrogen and oxygen atoms in total. The number of nitrogens with two attached hydrogens (primary N) is 1. The summed E-state index contributed by atoms with van der Waals surface area (Å²) in [5.74, 6) is -0.271. The van der Waals surface area contributed by atoms with Gasteiger partial charge in [-0.1, -0.05) is 0 Å². The summed E-state index contributed by atoms with van der Waals surface area (Å²) >= 11 is 5.07. The van der Waals surface area contributed by atoms with Gasteiger partial charge < -0.3 is 11.1 Å². The molecule has 1 heterocycles. The van der Waals surface area contributed by atoms with Crippen LogP contribution in [0.15, 0.2) is 28.1 Å². The third-order valence-electron chi connectivity index (χ3n) is 2.41. The molecule has 0 aliphatic carbocycles. The summed E-state index contributed by atoms with van der Waals surface area (Å²) in [6, 6.07) is 7.12. The molecule has 2 rings (SSSR count). The number of thiophene rings is 1. The molecular weight excluding hydrogens is 303 g/mol. The molecule has 90 valence electrons. The van der Waals surface area contributed by atoms with Crippen molar-refractivity contribution >= 4 is 38.6 Å². The van der Waals surface area contributed by atoms with E-state index >= 15 is 0 Å². The highest BCUT2D eigenvalue weighted by Gasteiger charge is 2.05. The topological polar surface area (TPSA) is 38.0 Å². The van der Waals surface area contributed by atoms with Crippen molar-refractivity contribution in [3.05, 3.63) is 44.3 Å². The van der Waals surface area contributed by atoms with Gasteiger partial charge in [0.05, 0.1) is 15.2 Å². The van der Waals surface area contributed by atoms with Gasteiger partial charge in [0.15, 0.2) is 0 Å². The molecule has 3 N–H and O–H groups in total. The maximum absolute atomic E-state index is 13.2. The van der Waals surface area contributed by atoms with E-state index in [1.54, 1.807) is 24.3 Å². The Morgan fingerprint density at radius 3 is 2.82 bits per heavy atom. The van der Waals surface area contributed by atoms with E-state index in [4.69, 9.17) is 5.73 Å². The van der Waals surface area contributed by atoms with E-state index in [0.29, 0.717) is 17.8 Å². The molecule has 0 atom stereocenters. The van der Waals surface area contributed by atoms with Crippen molar-refractivity contribution in [2.75, 3.05) is 11.1 Å². The zero-order valence-electron chi connectivity index (χ0n) is 9.26. The maximum atomic E-state index is 13.2. The highest BCUT2D eigenvalue weighted by molar-refractivity contribution is 9.11. The van der Waals surface area contributed by atoms with Crippen LogP contribution in [-0.4, -0.2) is 0 Å². The lowest BCUT2D eigenvalue weighted by molar-refractivity contribution is 0.619. The van der Waals surface area contributed by atoms with E-state index in [2.05, 4.69) is 21.2 Å². The van der Waals surface area contributed by atoms with Crippen LogP contribution in [0.2, 0.25) is 0 Å². The summed E-state index contributed by atoms with van der Waals surface area (Å²) in [4.78, 5) is 1.19. The first-order chi connectivity index (χ1) is 8.06. The first-order valence-corrected chi connectivity index (χ1v) is 6.71. The second kappa shape index (κ2) is 5.06. The highest BCUT2D eigenvalue weighted by atomic mass is 79.9. The van der Waals surface area contributed by atoms with Crippen molar-refractivity contribution in [3.63, 3.8) is 0 Å². The predicted octanol–water partition coefficient (Wildman–Crippen LogP) is 4.15. The van der Waals surface area contributed by atoms with Gasteiger partial charge in [0.25, 0.3) is 0 Å². The van der Waals surface area contributed by atoms with Gasteiger partial charge in [-0.15, -0.1) is 11.3 Å². The molecule has 0 unspecified atom stereocenters. The average molecular weight is 315 g/mol. The molecule has 0 amide bonds. The second-order valence-electron chi connectivity index (χ2n) is 3.75. The molecule has 17 heavy (non-hydrogen) atoms. The molecule has 0 aliphatic rings. The Morgan fingerprint density at radius 1 is 1.41 bits per heavy atom. The summed E-state index contributed by atoms with van der Waals surface area (Å²) in [6.45, 7) is 2.41. The largest absolute Gasteiger partial charge is 0.397 e. The molecule has 0 spiro atoms. The summed E-state index contributed by atoms with van der Waals surface area (Å²) in [5, 5.41) is 3.21. The van der Waals surface area contributed by atoms with Crippen LogP contribution in [0, 0.1) is 12.7 Å². The zero-order chi connectivity index (χ0) is 12.4. The Morgan fingerprint density at radius 2 is 2.18 bits per heavy atom. The normalized spacial score (nSPS) is 10.5. The molecule has 1 aromatic carbocycles. The van der Waals surface area contributed by atoms with Crippen molar-refractivity contribution in [3.8, 4) is 0 Å². The van der Waals surface area contributed by atoms with Gasteiger partial charge in [-0.05, 0) is 52.7 Å². The van der Waals surface area contributed by atoms with Crippen molar-refractivity contribution in [1.82, 2.24) is 0 Å². The molecule has 0 aliphatic heterocycles. The van der Waals surface area contributed by atoms with Gasteiger partial charge in [0, 0.05) is 11.4 Å². The number of nitrogen functional groups attached to an aromatic ring is 1. The molecule has 5 heteroatoms. The van der Waals surface area contributed by atoms with E-state index in [-0.39, 0.29) is 5.82 Å². The van der Waals surface area contributed by atoms with Crippen LogP contribution >= 0.6 is 27.3 Å². The lowest BCUT2D eigenvalue weighted by Crippen LogP contribution is -2.02. The quantitative estimate of drug-likeness (QED) is 0.835. The minimum atomic E-state index is -0.271. The fraction of sp³-hybridized carbons (Fsp3) is 0.167. The minimum absolute atomic E-state index is 0.271. The number of nitrogens with one attached hydrogen (secondary N) is 1. The first-order valence-electron chi connectivity index (χ1n) is 5.10. The molecule has 0 saturated carbocycles. The van der Waals surface area contributed by atoms with Crippen molar-refractivity contribution in [2.45, 2.75) is 13.5 Å². The number of halogens is 2. The van der Waals surface area contributed by atoms with Crippen LogP contribution in [0.1, 0.15) is 10.4 Å². The number of aryl methyl sites for hydroxylation is 1. The van der Waals surface area contributed by atoms with Gasteiger partial charge in [-0.2, -0.15) is 0 Å². The Balaban J connectivity index is 2.11. The van der Waals surface area contributed by atoms with Crippen LogP contribution < -0.4 is 11.1 Å². The average Bonchev–Trinajstić information content (AvgIpc) is 2.68.